The van der Waals surface area contributed by atoms with E-state index in [2.05, 4.69) is 44.7 Å². The first kappa shape index (κ1) is 16.8. The van der Waals surface area contributed by atoms with Crippen LogP contribution < -0.4 is 4.74 Å². The van der Waals surface area contributed by atoms with Crippen molar-refractivity contribution in [2.24, 2.45) is 0 Å². The van der Waals surface area contributed by atoms with Gasteiger partial charge in [-0.1, -0.05) is 39.8 Å². The summed E-state index contributed by atoms with van der Waals surface area (Å²) in [5, 5.41) is 0. The molecule has 1 fully saturated rings. The second kappa shape index (κ2) is 7.14. The Hall–Kier alpha value is -1.55. The molecule has 0 saturated carbocycles. The number of amides is 1. The van der Waals surface area contributed by atoms with Gasteiger partial charge in [0, 0.05) is 26.2 Å². The van der Waals surface area contributed by atoms with E-state index in [1.807, 2.05) is 17.0 Å². The van der Waals surface area contributed by atoms with E-state index in [1.54, 1.807) is 0 Å². The van der Waals surface area contributed by atoms with Crippen molar-refractivity contribution in [2.45, 2.75) is 33.1 Å². The van der Waals surface area contributed by atoms with E-state index in [1.165, 1.54) is 5.56 Å². The van der Waals surface area contributed by atoms with E-state index < -0.39 is 0 Å². The average Bonchev–Trinajstić information content (AvgIpc) is 2.52. The summed E-state index contributed by atoms with van der Waals surface area (Å²) in [5.74, 6) is 0.837. The Labute approximate surface area is 134 Å². The molecule has 0 spiro atoms. The van der Waals surface area contributed by atoms with Gasteiger partial charge in [0.05, 0.1) is 0 Å². The number of likely N-dealkylation sites (N-methyl/N-ethyl adjacent to an activating group) is 1. The molecule has 1 aliphatic heterocycles. The molecule has 1 aromatic rings. The molecule has 0 aromatic heterocycles. The summed E-state index contributed by atoms with van der Waals surface area (Å²) in [5.41, 5.74) is 1.40. The Bertz CT molecular complexity index is 483. The second-order valence-electron chi connectivity index (χ2n) is 6.88. The predicted molar refractivity (Wildman–Crippen MR) is 89.3 cm³/mol. The number of piperazine rings is 1. The summed E-state index contributed by atoms with van der Waals surface area (Å²) in [6.45, 7) is 13.4. The van der Waals surface area contributed by atoms with Gasteiger partial charge in [-0.25, -0.2) is 0 Å². The Balaban J connectivity index is 1.81. The summed E-state index contributed by atoms with van der Waals surface area (Å²) in [7, 11) is 0. The fourth-order valence-electron chi connectivity index (χ4n) is 2.60. The van der Waals surface area contributed by atoms with Crippen LogP contribution in [0.5, 0.6) is 5.75 Å². The largest absolute Gasteiger partial charge is 0.484 e. The quantitative estimate of drug-likeness (QED) is 0.857. The van der Waals surface area contributed by atoms with Crippen molar-refractivity contribution in [3.8, 4) is 5.75 Å². The molecule has 4 heteroatoms. The van der Waals surface area contributed by atoms with Crippen LogP contribution in [0, 0.1) is 0 Å². The molecule has 0 unspecified atom stereocenters. The van der Waals surface area contributed by atoms with E-state index in [0.717, 1.165) is 38.5 Å². The SMILES string of the molecule is CCN1CCN(C(=O)COc2ccc(C(C)(C)C)cc2)CC1. The predicted octanol–water partition coefficient (Wildman–Crippen LogP) is 2.53. The molecule has 1 aliphatic rings. The van der Waals surface area contributed by atoms with Gasteiger partial charge in [-0.2, -0.15) is 0 Å². The molecule has 0 N–H and O–H groups in total. The zero-order valence-corrected chi connectivity index (χ0v) is 14.3. The first-order valence-corrected chi connectivity index (χ1v) is 8.13. The third-order valence-corrected chi connectivity index (χ3v) is 4.25. The van der Waals surface area contributed by atoms with Crippen molar-refractivity contribution in [1.29, 1.82) is 0 Å². The number of carbonyl (C=O) groups is 1. The van der Waals surface area contributed by atoms with Crippen LogP contribution in [0.3, 0.4) is 0 Å². The Morgan fingerprint density at radius 2 is 1.68 bits per heavy atom. The van der Waals surface area contributed by atoms with Crippen LogP contribution in [0.4, 0.5) is 0 Å². The minimum Gasteiger partial charge on any atom is -0.484 e. The van der Waals surface area contributed by atoms with Crippen molar-refractivity contribution in [3.05, 3.63) is 29.8 Å². The van der Waals surface area contributed by atoms with Crippen molar-refractivity contribution in [1.82, 2.24) is 9.80 Å². The normalized spacial score (nSPS) is 16.6. The zero-order valence-electron chi connectivity index (χ0n) is 14.3. The summed E-state index contributed by atoms with van der Waals surface area (Å²) < 4.78 is 5.64. The lowest BCUT2D eigenvalue weighted by molar-refractivity contribution is -0.135. The highest BCUT2D eigenvalue weighted by molar-refractivity contribution is 5.77. The molecule has 4 nitrogen and oxygen atoms in total. The smallest absolute Gasteiger partial charge is 0.260 e. The highest BCUT2D eigenvalue weighted by atomic mass is 16.5. The van der Waals surface area contributed by atoms with E-state index in [-0.39, 0.29) is 17.9 Å². The third-order valence-electron chi connectivity index (χ3n) is 4.25. The lowest BCUT2D eigenvalue weighted by Gasteiger charge is -2.33. The number of ether oxygens (including phenoxy) is 1. The molecule has 0 bridgehead atoms. The molecule has 1 amide bonds. The Kier molecular flexibility index (Phi) is 5.46. The van der Waals surface area contributed by atoms with Gasteiger partial charge in [-0.15, -0.1) is 0 Å². The van der Waals surface area contributed by atoms with E-state index in [0.29, 0.717) is 0 Å². The van der Waals surface area contributed by atoms with Gasteiger partial charge in [0.15, 0.2) is 6.61 Å². The van der Waals surface area contributed by atoms with Gasteiger partial charge >= 0.3 is 0 Å². The number of rotatable bonds is 4. The minimum absolute atomic E-state index is 0.0793. The maximum atomic E-state index is 12.2. The van der Waals surface area contributed by atoms with Crippen LogP contribution in [-0.4, -0.2) is 55.0 Å². The summed E-state index contributed by atoms with van der Waals surface area (Å²) in [6, 6.07) is 8.03. The van der Waals surface area contributed by atoms with Crippen molar-refractivity contribution in [3.63, 3.8) is 0 Å². The molecule has 1 aromatic carbocycles. The maximum Gasteiger partial charge on any atom is 0.260 e. The molecule has 1 heterocycles. The van der Waals surface area contributed by atoms with Crippen LogP contribution in [0.2, 0.25) is 0 Å². The Morgan fingerprint density at radius 3 is 2.18 bits per heavy atom. The fraction of sp³-hybridized carbons (Fsp3) is 0.611. The zero-order chi connectivity index (χ0) is 16.2. The standard InChI is InChI=1S/C18H28N2O2/c1-5-19-10-12-20(13-11-19)17(21)14-22-16-8-6-15(7-9-16)18(2,3)4/h6-9H,5,10-14H2,1-4H3. The second-order valence-corrected chi connectivity index (χ2v) is 6.88. The molecule has 1 saturated heterocycles. The van der Waals surface area contributed by atoms with Gasteiger partial charge < -0.3 is 14.5 Å². The number of hydrogen-bond donors (Lipinski definition) is 0. The highest BCUT2D eigenvalue weighted by Gasteiger charge is 2.20. The third kappa shape index (κ3) is 4.47. The van der Waals surface area contributed by atoms with Crippen molar-refractivity contribution in [2.75, 3.05) is 39.3 Å². The summed E-state index contributed by atoms with van der Waals surface area (Å²) in [6.07, 6.45) is 0. The minimum atomic E-state index is 0.0793. The first-order chi connectivity index (χ1) is 10.4. The number of nitrogens with zero attached hydrogens (tertiary/aromatic N) is 2. The summed E-state index contributed by atoms with van der Waals surface area (Å²) in [4.78, 5) is 16.4. The van der Waals surface area contributed by atoms with Crippen LogP contribution >= 0.6 is 0 Å². The van der Waals surface area contributed by atoms with Crippen molar-refractivity contribution < 1.29 is 9.53 Å². The number of benzene rings is 1. The fourth-order valence-corrected chi connectivity index (χ4v) is 2.60. The van der Waals surface area contributed by atoms with Crippen LogP contribution in [0.15, 0.2) is 24.3 Å². The average molecular weight is 304 g/mol. The van der Waals surface area contributed by atoms with Crippen molar-refractivity contribution >= 4 is 5.91 Å². The maximum absolute atomic E-state index is 12.2. The monoisotopic (exact) mass is 304 g/mol. The molecule has 0 atom stereocenters. The molecular weight excluding hydrogens is 276 g/mol. The van der Waals surface area contributed by atoms with E-state index >= 15 is 0 Å². The topological polar surface area (TPSA) is 32.8 Å². The van der Waals surface area contributed by atoms with E-state index in [4.69, 9.17) is 4.74 Å². The Morgan fingerprint density at radius 1 is 1.09 bits per heavy atom. The van der Waals surface area contributed by atoms with Gasteiger partial charge in [-0.05, 0) is 29.7 Å². The van der Waals surface area contributed by atoms with Crippen LogP contribution in [0.1, 0.15) is 33.3 Å². The van der Waals surface area contributed by atoms with Gasteiger partial charge in [0.25, 0.3) is 5.91 Å². The molecule has 0 aliphatic carbocycles. The van der Waals surface area contributed by atoms with E-state index in [9.17, 15) is 4.79 Å². The highest BCUT2D eigenvalue weighted by Crippen LogP contribution is 2.24. The molecule has 0 radical (unpaired) electrons. The number of carbonyl (C=O) groups excluding carboxylic acids is 1. The molecule has 2 rings (SSSR count). The van der Waals surface area contributed by atoms with Gasteiger partial charge in [0.2, 0.25) is 0 Å². The van der Waals surface area contributed by atoms with Crippen LogP contribution in [0.25, 0.3) is 0 Å². The summed E-state index contributed by atoms with van der Waals surface area (Å²) >= 11 is 0. The molecular formula is C18H28N2O2. The van der Waals surface area contributed by atoms with Gasteiger partial charge in [-0.3, -0.25) is 4.79 Å². The first-order valence-electron chi connectivity index (χ1n) is 8.13. The van der Waals surface area contributed by atoms with Gasteiger partial charge in [0.1, 0.15) is 5.75 Å². The lowest BCUT2D eigenvalue weighted by atomic mass is 9.87. The number of hydrogen-bond acceptors (Lipinski definition) is 3. The molecule has 122 valence electrons. The molecule has 22 heavy (non-hydrogen) atoms. The lowest BCUT2D eigenvalue weighted by Crippen LogP contribution is -2.49. The van der Waals surface area contributed by atoms with Crippen LogP contribution in [-0.2, 0) is 10.2 Å².